The molecule has 1 aromatic heterocycles. The summed E-state index contributed by atoms with van der Waals surface area (Å²) in [5.41, 5.74) is 3.11. The smallest absolute Gasteiger partial charge is 0.222 e. The number of halogens is 1. The maximum absolute atomic E-state index is 8.49. The second kappa shape index (κ2) is 5.55. The molecule has 1 heterocycles. The molecule has 0 radical (unpaired) electrons. The van der Waals surface area contributed by atoms with E-state index in [4.69, 9.17) is 30.9 Å². The molecule has 0 aliphatic carbocycles. The molecule has 0 N–H and O–H groups in total. The molecule has 5 nitrogen and oxygen atoms in total. The Bertz CT molecular complexity index is 266. The Morgan fingerprint density at radius 1 is 1.46 bits per heavy atom. The van der Waals surface area contributed by atoms with Gasteiger partial charge in [0.25, 0.3) is 0 Å². The maximum Gasteiger partial charge on any atom is 0.226 e. The third-order valence-corrected chi connectivity index (χ3v) is 1.99. The Morgan fingerprint density at radius 2 is 1.92 bits per heavy atom. The van der Waals surface area contributed by atoms with Crippen LogP contribution in [0, 0.1) is 10.2 Å². The van der Waals surface area contributed by atoms with Gasteiger partial charge < -0.3 is 0 Å². The molecular weight excluding hydrogens is 238 g/mol. The van der Waals surface area contributed by atoms with E-state index < -0.39 is 10.2 Å². The van der Waals surface area contributed by atoms with Crippen LogP contribution in [-0.2, 0) is 7.05 Å². The van der Waals surface area contributed by atoms with Crippen LogP contribution in [0.3, 0.4) is 0 Å². The first-order valence-corrected chi connectivity index (χ1v) is 5.48. The monoisotopic (exact) mass is 243 g/mol. The molecule has 1 rings (SSSR count). The largest absolute Gasteiger partial charge is 0.226 e. The number of aromatic nitrogens is 1. The average Bonchev–Trinajstić information content (AvgIpc) is 2.31. The van der Waals surface area contributed by atoms with E-state index >= 15 is 0 Å². The topological polar surface area (TPSA) is 96.1 Å². The van der Waals surface area contributed by atoms with Crippen molar-refractivity contribution in [2.24, 2.45) is 7.05 Å². The first-order chi connectivity index (χ1) is 5.84. The number of thiocarbonyl (C=S) groups is 1. The van der Waals surface area contributed by atoms with Gasteiger partial charge in [0, 0.05) is 0 Å². The molecule has 13 heavy (non-hydrogen) atoms. The van der Waals surface area contributed by atoms with Gasteiger partial charge in [0.15, 0.2) is 0 Å². The number of rotatable bonds is 1. The van der Waals surface area contributed by atoms with Crippen molar-refractivity contribution in [3.63, 3.8) is 0 Å². The Hall–Kier alpha value is -0.150. The lowest BCUT2D eigenvalue weighted by Gasteiger charge is -2.17. The van der Waals surface area contributed by atoms with Crippen LogP contribution < -0.4 is 23.2 Å². The molecule has 0 spiro atoms. The van der Waals surface area contributed by atoms with E-state index in [1.807, 2.05) is 22.5 Å². The summed E-state index contributed by atoms with van der Waals surface area (Å²) < 4.78 is 36.0. The summed E-state index contributed by atoms with van der Waals surface area (Å²) in [4.78, 5) is 0. The standard InChI is InChI=1S/C5H6NS2.ClHO4/c1-6-4-8-3-5(6)2-7;2-1(3,4)5/h2-4H,1H3;(H,2,3,4,5)/q+1;/p-1. The van der Waals surface area contributed by atoms with E-state index in [1.54, 1.807) is 16.7 Å². The molecule has 0 amide bonds. The quantitative estimate of drug-likeness (QED) is 0.372. The number of hydrogen-bond acceptors (Lipinski definition) is 6. The van der Waals surface area contributed by atoms with Crippen molar-refractivity contribution < 1.29 is 33.4 Å². The molecule has 0 saturated carbocycles. The Labute approximate surface area is 86.2 Å². The maximum atomic E-state index is 8.49. The predicted octanol–water partition coefficient (Wildman–Crippen LogP) is -3.84. The molecule has 1 aromatic rings. The molecule has 0 aliphatic heterocycles. The highest BCUT2D eigenvalue weighted by Crippen LogP contribution is 1.93. The Kier molecular flexibility index (Phi) is 5.49. The Balaban J connectivity index is 0.000000252. The highest BCUT2D eigenvalue weighted by atomic mass is 35.7. The highest BCUT2D eigenvalue weighted by Gasteiger charge is 1.99. The third-order valence-electron chi connectivity index (χ3n) is 0.936. The average molecular weight is 244 g/mol. The van der Waals surface area contributed by atoms with Crippen LogP contribution >= 0.6 is 23.6 Å². The van der Waals surface area contributed by atoms with E-state index in [-0.39, 0.29) is 0 Å². The van der Waals surface area contributed by atoms with Gasteiger partial charge in [-0.05, 0) is 0 Å². The van der Waals surface area contributed by atoms with Gasteiger partial charge in [-0.3, -0.25) is 0 Å². The van der Waals surface area contributed by atoms with Crippen molar-refractivity contribution in [3.8, 4) is 0 Å². The number of hydrogen-bond donors (Lipinski definition) is 0. The van der Waals surface area contributed by atoms with Crippen LogP contribution in [-0.4, -0.2) is 5.37 Å². The first kappa shape index (κ1) is 12.8. The molecule has 0 bridgehead atoms. The second-order valence-electron chi connectivity index (χ2n) is 1.89. The van der Waals surface area contributed by atoms with Gasteiger partial charge in [-0.25, -0.2) is 18.6 Å². The van der Waals surface area contributed by atoms with Crippen LogP contribution in [0.15, 0.2) is 10.9 Å². The van der Waals surface area contributed by atoms with Crippen molar-refractivity contribution in [2.75, 3.05) is 0 Å². The van der Waals surface area contributed by atoms with Crippen molar-refractivity contribution in [2.45, 2.75) is 0 Å². The third kappa shape index (κ3) is 8.19. The van der Waals surface area contributed by atoms with Crippen molar-refractivity contribution in [1.29, 1.82) is 0 Å². The molecule has 0 aliphatic rings. The van der Waals surface area contributed by atoms with Crippen molar-refractivity contribution >= 4 is 28.9 Å². The normalized spacial score (nSPS) is 10.2. The minimum absolute atomic E-state index is 1.10. The van der Waals surface area contributed by atoms with Gasteiger partial charge in [-0.1, -0.05) is 23.6 Å². The molecule has 0 saturated heterocycles. The lowest BCUT2D eigenvalue weighted by molar-refractivity contribution is -2.00. The number of thiazole rings is 1. The summed E-state index contributed by atoms with van der Waals surface area (Å²) in [6.45, 7) is 0. The fourth-order valence-electron chi connectivity index (χ4n) is 0.446. The zero-order valence-corrected chi connectivity index (χ0v) is 8.90. The van der Waals surface area contributed by atoms with E-state index in [0.717, 1.165) is 5.69 Å². The van der Waals surface area contributed by atoms with Crippen LogP contribution in [0.1, 0.15) is 5.69 Å². The highest BCUT2D eigenvalue weighted by molar-refractivity contribution is 7.79. The van der Waals surface area contributed by atoms with Crippen molar-refractivity contribution in [1.82, 2.24) is 0 Å². The summed E-state index contributed by atoms with van der Waals surface area (Å²) in [5.74, 6) is 0. The number of nitrogens with zero attached hydrogens (tertiary/aromatic N) is 1. The summed E-state index contributed by atoms with van der Waals surface area (Å²) in [6.07, 6.45) is 0. The van der Waals surface area contributed by atoms with Gasteiger partial charge in [0.05, 0.1) is 10.7 Å². The lowest BCUT2D eigenvalue weighted by atomic mass is 10.6. The summed E-state index contributed by atoms with van der Waals surface area (Å²) in [5, 5.41) is 3.70. The predicted molar refractivity (Wildman–Crippen MR) is 38.3 cm³/mol. The molecule has 74 valence electrons. The molecule has 8 heteroatoms. The molecule has 0 atom stereocenters. The van der Waals surface area contributed by atoms with Gasteiger partial charge in [-0.2, -0.15) is 4.57 Å². The summed E-state index contributed by atoms with van der Waals surface area (Å²) in [6, 6.07) is 0. The van der Waals surface area contributed by atoms with E-state index in [0.29, 0.717) is 0 Å². The van der Waals surface area contributed by atoms with Crippen molar-refractivity contribution in [3.05, 3.63) is 16.6 Å². The van der Waals surface area contributed by atoms with Gasteiger partial charge in [0.1, 0.15) is 7.05 Å². The zero-order chi connectivity index (χ0) is 10.5. The summed E-state index contributed by atoms with van der Waals surface area (Å²) >= 11 is 6.38. The van der Waals surface area contributed by atoms with Gasteiger partial charge in [0.2, 0.25) is 11.2 Å². The van der Waals surface area contributed by atoms with E-state index in [1.165, 1.54) is 0 Å². The lowest BCUT2D eigenvalue weighted by Crippen LogP contribution is -2.68. The molecule has 0 unspecified atom stereocenters. The van der Waals surface area contributed by atoms with Crippen LogP contribution in [0.25, 0.3) is 0 Å². The molecule has 0 fully saturated rings. The summed E-state index contributed by atoms with van der Waals surface area (Å²) in [7, 11) is -2.96. The molecular formula is C5H6ClNO4S2. The van der Waals surface area contributed by atoms with E-state index in [2.05, 4.69) is 0 Å². The van der Waals surface area contributed by atoms with Gasteiger partial charge in [-0.15, -0.1) is 10.2 Å². The first-order valence-electron chi connectivity index (χ1n) is 2.83. The molecule has 0 aromatic carbocycles. The van der Waals surface area contributed by atoms with Crippen LogP contribution in [0.2, 0.25) is 0 Å². The van der Waals surface area contributed by atoms with Gasteiger partial charge >= 0.3 is 0 Å². The fourth-order valence-corrected chi connectivity index (χ4v) is 1.51. The van der Waals surface area contributed by atoms with E-state index in [9.17, 15) is 0 Å². The zero-order valence-electron chi connectivity index (χ0n) is 6.51. The van der Waals surface area contributed by atoms with Crippen LogP contribution in [0.4, 0.5) is 0 Å². The minimum Gasteiger partial charge on any atom is -0.222 e. The second-order valence-corrected chi connectivity index (χ2v) is 3.60. The number of aryl methyl sites for hydroxylation is 1. The SMILES string of the molecule is C[n+]1cscc1C=S.[O-][Cl+3]([O-])([O-])[O-]. The minimum atomic E-state index is -4.94. The van der Waals surface area contributed by atoms with Crippen LogP contribution in [0.5, 0.6) is 0 Å². The fraction of sp³-hybridized carbons (Fsp3) is 0.200. The Morgan fingerprint density at radius 3 is 2.08 bits per heavy atom.